The maximum Gasteiger partial charge on any atom is 0.260 e. The van der Waals surface area contributed by atoms with Gasteiger partial charge >= 0.3 is 0 Å². The van der Waals surface area contributed by atoms with Gasteiger partial charge in [-0.25, -0.2) is 13.1 Å². The summed E-state index contributed by atoms with van der Waals surface area (Å²) in [6.07, 6.45) is -0.654. The van der Waals surface area contributed by atoms with Gasteiger partial charge in [0.1, 0.15) is 5.75 Å². The predicted octanol–water partition coefficient (Wildman–Crippen LogP) is 2.30. The van der Waals surface area contributed by atoms with E-state index in [1.807, 2.05) is 13.8 Å². The molecular formula is C17H28N2O4S. The van der Waals surface area contributed by atoms with Crippen LogP contribution in [0.15, 0.2) is 29.2 Å². The first kappa shape index (κ1) is 20.4. The number of amides is 1. The molecule has 0 radical (unpaired) electrons. The summed E-state index contributed by atoms with van der Waals surface area (Å²) in [5.74, 6) is 0.604. The van der Waals surface area contributed by atoms with Gasteiger partial charge in [-0.05, 0) is 57.9 Å². The highest BCUT2D eigenvalue weighted by Gasteiger charge is 2.22. The molecule has 0 unspecified atom stereocenters. The third-order valence-corrected chi connectivity index (χ3v) is 4.72. The zero-order valence-electron chi connectivity index (χ0n) is 15.2. The van der Waals surface area contributed by atoms with Gasteiger partial charge in [0.2, 0.25) is 10.0 Å². The van der Waals surface area contributed by atoms with Gasteiger partial charge in [-0.1, -0.05) is 13.8 Å². The molecule has 0 bridgehead atoms. The summed E-state index contributed by atoms with van der Waals surface area (Å²) in [5, 5.41) is 2.79. The molecule has 7 heteroatoms. The van der Waals surface area contributed by atoms with Crippen molar-refractivity contribution in [3.8, 4) is 5.75 Å². The van der Waals surface area contributed by atoms with Crippen LogP contribution < -0.4 is 14.8 Å². The van der Waals surface area contributed by atoms with Crippen LogP contribution in [0.3, 0.4) is 0 Å². The molecular weight excluding hydrogens is 328 g/mol. The van der Waals surface area contributed by atoms with Crippen molar-refractivity contribution in [3.63, 3.8) is 0 Å². The molecule has 1 aromatic rings. The van der Waals surface area contributed by atoms with E-state index in [4.69, 9.17) is 4.74 Å². The zero-order chi connectivity index (χ0) is 18.5. The first-order valence-corrected chi connectivity index (χ1v) is 9.47. The predicted molar refractivity (Wildman–Crippen MR) is 94.5 cm³/mol. The number of hydrogen-bond donors (Lipinski definition) is 2. The van der Waals surface area contributed by atoms with Crippen molar-refractivity contribution < 1.29 is 17.9 Å². The fraction of sp³-hybridized carbons (Fsp3) is 0.588. The Morgan fingerprint density at radius 2 is 1.67 bits per heavy atom. The van der Waals surface area contributed by atoms with Crippen molar-refractivity contribution in [3.05, 3.63) is 24.3 Å². The lowest BCUT2D eigenvalue weighted by Crippen LogP contribution is -2.40. The average molecular weight is 356 g/mol. The molecule has 136 valence electrons. The summed E-state index contributed by atoms with van der Waals surface area (Å²) in [4.78, 5) is 12.0. The summed E-state index contributed by atoms with van der Waals surface area (Å²) in [5.41, 5.74) is -0.559. The van der Waals surface area contributed by atoms with Crippen molar-refractivity contribution >= 4 is 15.9 Å². The molecule has 6 nitrogen and oxygen atoms in total. The summed E-state index contributed by atoms with van der Waals surface area (Å²) in [7, 11) is -3.58. The standard InChI is InChI=1S/C17H28N2O4S/c1-12(2)11-18-16(20)13(3)23-14-7-9-15(10-8-14)24(21,22)19-17(4,5)6/h7-10,12-13,19H,11H2,1-6H3,(H,18,20)/t13-/m0/s1. The van der Waals surface area contributed by atoms with Crippen LogP contribution in [0.5, 0.6) is 5.75 Å². The van der Waals surface area contributed by atoms with E-state index in [9.17, 15) is 13.2 Å². The topological polar surface area (TPSA) is 84.5 Å². The number of rotatable bonds is 7. The average Bonchev–Trinajstić information content (AvgIpc) is 2.42. The van der Waals surface area contributed by atoms with Gasteiger partial charge < -0.3 is 10.1 Å². The van der Waals surface area contributed by atoms with E-state index in [2.05, 4.69) is 10.0 Å². The van der Waals surface area contributed by atoms with Crippen LogP contribution in [0, 0.1) is 5.92 Å². The van der Waals surface area contributed by atoms with Crippen LogP contribution in [0.2, 0.25) is 0 Å². The normalized spacial score (nSPS) is 13.6. The Hall–Kier alpha value is -1.60. The molecule has 0 saturated carbocycles. The third-order valence-electron chi connectivity index (χ3n) is 2.94. The Morgan fingerprint density at radius 3 is 2.12 bits per heavy atom. The van der Waals surface area contributed by atoms with E-state index in [0.717, 1.165) is 0 Å². The van der Waals surface area contributed by atoms with E-state index in [1.165, 1.54) is 12.1 Å². The van der Waals surface area contributed by atoms with Gasteiger partial charge in [0.25, 0.3) is 5.91 Å². The molecule has 2 N–H and O–H groups in total. The largest absolute Gasteiger partial charge is 0.481 e. The minimum Gasteiger partial charge on any atom is -0.481 e. The van der Waals surface area contributed by atoms with Gasteiger partial charge in [-0.3, -0.25) is 4.79 Å². The van der Waals surface area contributed by atoms with Gasteiger partial charge in [0.05, 0.1) is 4.90 Å². The lowest BCUT2D eigenvalue weighted by Gasteiger charge is -2.20. The van der Waals surface area contributed by atoms with Gasteiger partial charge in [0, 0.05) is 12.1 Å². The smallest absolute Gasteiger partial charge is 0.260 e. The van der Waals surface area contributed by atoms with Crippen LogP contribution in [-0.4, -0.2) is 32.5 Å². The van der Waals surface area contributed by atoms with Crippen molar-refractivity contribution in [1.29, 1.82) is 0 Å². The molecule has 1 amide bonds. The van der Waals surface area contributed by atoms with Crippen LogP contribution in [0.25, 0.3) is 0 Å². The van der Waals surface area contributed by atoms with Gasteiger partial charge in [0.15, 0.2) is 6.10 Å². The highest BCUT2D eigenvalue weighted by Crippen LogP contribution is 2.18. The van der Waals surface area contributed by atoms with E-state index in [0.29, 0.717) is 18.2 Å². The van der Waals surface area contributed by atoms with Crippen LogP contribution >= 0.6 is 0 Å². The number of sulfonamides is 1. The Balaban J connectivity index is 2.73. The molecule has 0 aliphatic rings. The quantitative estimate of drug-likeness (QED) is 0.785. The van der Waals surface area contributed by atoms with Crippen LogP contribution in [0.4, 0.5) is 0 Å². The maximum absolute atomic E-state index is 12.2. The number of ether oxygens (including phenoxy) is 1. The van der Waals surface area contributed by atoms with Crippen molar-refractivity contribution in [2.24, 2.45) is 5.92 Å². The second-order valence-corrected chi connectivity index (χ2v) is 8.91. The Morgan fingerprint density at radius 1 is 1.12 bits per heavy atom. The van der Waals surface area contributed by atoms with Gasteiger partial charge in [-0.2, -0.15) is 0 Å². The highest BCUT2D eigenvalue weighted by molar-refractivity contribution is 7.89. The molecule has 1 rings (SSSR count). The molecule has 0 fully saturated rings. The van der Waals surface area contributed by atoms with Crippen molar-refractivity contribution in [2.75, 3.05) is 6.54 Å². The number of carbonyl (C=O) groups excluding carboxylic acids is 1. The third kappa shape index (κ3) is 6.88. The number of carbonyl (C=O) groups is 1. The lowest BCUT2D eigenvalue weighted by molar-refractivity contribution is -0.127. The SMILES string of the molecule is CC(C)CNC(=O)[C@H](C)Oc1ccc(S(=O)(=O)NC(C)(C)C)cc1. The molecule has 0 aromatic heterocycles. The summed E-state index contributed by atoms with van der Waals surface area (Å²) in [6, 6.07) is 6.01. The molecule has 1 atom stereocenters. The molecule has 24 heavy (non-hydrogen) atoms. The summed E-state index contributed by atoms with van der Waals surface area (Å²) in [6.45, 7) is 11.6. The van der Waals surface area contributed by atoms with E-state index < -0.39 is 21.7 Å². The second-order valence-electron chi connectivity index (χ2n) is 7.23. The number of hydrogen-bond acceptors (Lipinski definition) is 4. The molecule has 0 aliphatic carbocycles. The lowest BCUT2D eigenvalue weighted by atomic mass is 10.1. The summed E-state index contributed by atoms with van der Waals surface area (Å²) >= 11 is 0. The minimum absolute atomic E-state index is 0.154. The van der Waals surface area contributed by atoms with Crippen LogP contribution in [-0.2, 0) is 14.8 Å². The van der Waals surface area contributed by atoms with Gasteiger partial charge in [-0.15, -0.1) is 0 Å². The molecule has 1 aromatic carbocycles. The Bertz CT molecular complexity index is 646. The first-order chi connectivity index (χ1) is 10.9. The maximum atomic E-state index is 12.2. The number of benzene rings is 1. The molecule has 0 aliphatic heterocycles. The van der Waals surface area contributed by atoms with E-state index in [-0.39, 0.29) is 10.8 Å². The van der Waals surface area contributed by atoms with E-state index >= 15 is 0 Å². The second kappa shape index (κ2) is 7.98. The monoisotopic (exact) mass is 356 g/mol. The fourth-order valence-corrected chi connectivity index (χ4v) is 3.28. The Kier molecular flexibility index (Phi) is 6.80. The molecule has 0 saturated heterocycles. The molecule has 0 spiro atoms. The van der Waals surface area contributed by atoms with Crippen molar-refractivity contribution in [2.45, 2.75) is 58.1 Å². The highest BCUT2D eigenvalue weighted by atomic mass is 32.2. The minimum atomic E-state index is -3.58. The van der Waals surface area contributed by atoms with Crippen molar-refractivity contribution in [1.82, 2.24) is 10.0 Å². The van der Waals surface area contributed by atoms with Crippen LogP contribution in [0.1, 0.15) is 41.5 Å². The number of nitrogens with one attached hydrogen (secondary N) is 2. The first-order valence-electron chi connectivity index (χ1n) is 7.99. The zero-order valence-corrected chi connectivity index (χ0v) is 16.0. The summed E-state index contributed by atoms with van der Waals surface area (Å²) < 4.78 is 32.6. The molecule has 0 heterocycles. The Labute approximate surface area is 145 Å². The fourth-order valence-electron chi connectivity index (χ4n) is 1.87. The van der Waals surface area contributed by atoms with E-state index in [1.54, 1.807) is 39.8 Å².